The molecule has 1 aliphatic heterocycles. The maximum atomic E-state index is 12.1. The van der Waals surface area contributed by atoms with Gasteiger partial charge in [0.25, 0.3) is 0 Å². The van der Waals surface area contributed by atoms with Gasteiger partial charge in [0, 0.05) is 30.7 Å². The summed E-state index contributed by atoms with van der Waals surface area (Å²) in [5, 5.41) is 0. The third-order valence-corrected chi connectivity index (χ3v) is 4.67. The highest BCUT2D eigenvalue weighted by molar-refractivity contribution is 7.89. The van der Waals surface area contributed by atoms with E-state index in [4.69, 9.17) is 5.73 Å². The van der Waals surface area contributed by atoms with Crippen molar-refractivity contribution in [2.45, 2.75) is 37.1 Å². The van der Waals surface area contributed by atoms with Crippen molar-refractivity contribution >= 4 is 21.6 Å². The Hall–Kier alpha value is -1.44. The van der Waals surface area contributed by atoms with Crippen LogP contribution in [0, 0.1) is 0 Å². The second-order valence-electron chi connectivity index (χ2n) is 5.96. The molecule has 1 aromatic rings. The lowest BCUT2D eigenvalue weighted by molar-refractivity contribution is -0.117. The van der Waals surface area contributed by atoms with E-state index in [1.165, 1.54) is 12.1 Å². The van der Waals surface area contributed by atoms with E-state index in [1.807, 2.05) is 0 Å². The predicted molar refractivity (Wildman–Crippen MR) is 81.5 cm³/mol. The van der Waals surface area contributed by atoms with E-state index in [9.17, 15) is 13.2 Å². The van der Waals surface area contributed by atoms with Crippen molar-refractivity contribution in [2.24, 2.45) is 5.73 Å². The number of nitrogens with zero attached hydrogens (tertiary/aromatic N) is 1. The largest absolute Gasteiger partial charge is 0.324 e. The molecule has 0 aromatic heterocycles. The van der Waals surface area contributed by atoms with Crippen LogP contribution in [-0.4, -0.2) is 33.0 Å². The minimum absolute atomic E-state index is 0.0774. The number of amides is 1. The highest BCUT2D eigenvalue weighted by Gasteiger charge is 2.23. The summed E-state index contributed by atoms with van der Waals surface area (Å²) in [6, 6.07) is 6.33. The number of nitrogens with one attached hydrogen (secondary N) is 1. The van der Waals surface area contributed by atoms with Crippen molar-refractivity contribution in [3.63, 3.8) is 0 Å². The molecule has 1 heterocycles. The van der Waals surface area contributed by atoms with Crippen LogP contribution in [-0.2, 0) is 14.8 Å². The standard InChI is InChI=1S/C14H21N3O3S/c1-14(2,15)10-16-21(19,20)12-7-5-11(6-8-12)17-9-3-4-13(17)18/h5-8,16H,3-4,9-10,15H2,1-2H3. The highest BCUT2D eigenvalue weighted by atomic mass is 32.2. The van der Waals surface area contributed by atoms with E-state index in [-0.39, 0.29) is 17.3 Å². The molecule has 0 spiro atoms. The van der Waals surface area contributed by atoms with Crippen molar-refractivity contribution in [2.75, 3.05) is 18.0 Å². The number of hydrogen-bond donors (Lipinski definition) is 2. The average Bonchev–Trinajstić information content (AvgIpc) is 2.82. The molecule has 1 amide bonds. The molecule has 0 bridgehead atoms. The van der Waals surface area contributed by atoms with Crippen molar-refractivity contribution in [1.29, 1.82) is 0 Å². The van der Waals surface area contributed by atoms with Crippen molar-refractivity contribution in [3.05, 3.63) is 24.3 Å². The van der Waals surface area contributed by atoms with Crippen LogP contribution in [0.1, 0.15) is 26.7 Å². The van der Waals surface area contributed by atoms with Crippen molar-refractivity contribution in [3.8, 4) is 0 Å². The molecule has 7 heteroatoms. The Bertz CT molecular complexity index is 618. The summed E-state index contributed by atoms with van der Waals surface area (Å²) in [7, 11) is -3.58. The fourth-order valence-corrected chi connectivity index (χ4v) is 3.31. The molecular formula is C14H21N3O3S. The number of sulfonamides is 1. The first-order valence-corrected chi connectivity index (χ1v) is 8.36. The zero-order valence-corrected chi connectivity index (χ0v) is 13.1. The van der Waals surface area contributed by atoms with Gasteiger partial charge in [-0.2, -0.15) is 0 Å². The lowest BCUT2D eigenvalue weighted by atomic mass is 10.1. The van der Waals surface area contributed by atoms with Gasteiger partial charge in [0.1, 0.15) is 0 Å². The Balaban J connectivity index is 2.13. The zero-order valence-electron chi connectivity index (χ0n) is 12.3. The third-order valence-electron chi connectivity index (χ3n) is 3.25. The van der Waals surface area contributed by atoms with Gasteiger partial charge in [0.15, 0.2) is 0 Å². The summed E-state index contributed by atoms with van der Waals surface area (Å²) in [5.74, 6) is 0.0774. The smallest absolute Gasteiger partial charge is 0.240 e. The van der Waals surface area contributed by atoms with Crippen LogP contribution in [0.3, 0.4) is 0 Å². The normalized spacial score (nSPS) is 16.5. The SMILES string of the molecule is CC(C)(N)CNS(=O)(=O)c1ccc(N2CCCC2=O)cc1. The van der Waals surface area contributed by atoms with Gasteiger partial charge in [-0.15, -0.1) is 0 Å². The maximum Gasteiger partial charge on any atom is 0.240 e. The molecule has 6 nitrogen and oxygen atoms in total. The number of hydrogen-bond acceptors (Lipinski definition) is 4. The van der Waals surface area contributed by atoms with Crippen molar-refractivity contribution < 1.29 is 13.2 Å². The van der Waals surface area contributed by atoms with Crippen LogP contribution < -0.4 is 15.4 Å². The van der Waals surface area contributed by atoms with Gasteiger partial charge < -0.3 is 10.6 Å². The van der Waals surface area contributed by atoms with E-state index in [2.05, 4.69) is 4.72 Å². The topological polar surface area (TPSA) is 92.5 Å². The lowest BCUT2D eigenvalue weighted by Crippen LogP contribution is -2.45. The zero-order chi connectivity index (χ0) is 15.7. The molecule has 21 heavy (non-hydrogen) atoms. The van der Waals surface area contributed by atoms with Gasteiger partial charge in [-0.3, -0.25) is 4.79 Å². The van der Waals surface area contributed by atoms with Crippen LogP contribution in [0.2, 0.25) is 0 Å². The molecule has 1 aromatic carbocycles. The molecule has 2 rings (SSSR count). The Labute approximate surface area is 125 Å². The summed E-state index contributed by atoms with van der Waals surface area (Å²) in [5.41, 5.74) is 5.89. The van der Waals surface area contributed by atoms with Crippen LogP contribution in [0.25, 0.3) is 0 Å². The number of carbonyl (C=O) groups is 1. The number of nitrogens with two attached hydrogens (primary N) is 1. The molecule has 1 fully saturated rings. The lowest BCUT2D eigenvalue weighted by Gasteiger charge is -2.19. The molecule has 0 saturated carbocycles. The van der Waals surface area contributed by atoms with Gasteiger partial charge in [0.05, 0.1) is 4.90 Å². The Morgan fingerprint density at radius 2 is 1.90 bits per heavy atom. The van der Waals surface area contributed by atoms with Crippen LogP contribution >= 0.6 is 0 Å². The minimum atomic E-state index is -3.58. The second kappa shape index (κ2) is 5.75. The molecule has 3 N–H and O–H groups in total. The fourth-order valence-electron chi connectivity index (χ4n) is 2.09. The van der Waals surface area contributed by atoms with Gasteiger partial charge >= 0.3 is 0 Å². The number of benzene rings is 1. The molecule has 1 saturated heterocycles. The first-order valence-electron chi connectivity index (χ1n) is 6.88. The second-order valence-corrected chi connectivity index (χ2v) is 7.72. The van der Waals surface area contributed by atoms with Crippen LogP contribution in [0.15, 0.2) is 29.2 Å². The van der Waals surface area contributed by atoms with E-state index in [0.717, 1.165) is 12.1 Å². The van der Waals surface area contributed by atoms with Gasteiger partial charge in [0.2, 0.25) is 15.9 Å². The summed E-state index contributed by atoms with van der Waals surface area (Å²) in [4.78, 5) is 13.5. The number of anilines is 1. The number of rotatable bonds is 5. The minimum Gasteiger partial charge on any atom is -0.324 e. The van der Waals surface area contributed by atoms with Crippen molar-refractivity contribution in [1.82, 2.24) is 4.72 Å². The van der Waals surface area contributed by atoms with E-state index in [0.29, 0.717) is 13.0 Å². The van der Waals surface area contributed by atoms with Crippen LogP contribution in [0.4, 0.5) is 5.69 Å². The Kier molecular flexibility index (Phi) is 4.36. The predicted octanol–water partition coefficient (Wildman–Crippen LogP) is 0.829. The monoisotopic (exact) mass is 311 g/mol. The summed E-state index contributed by atoms with van der Waals surface area (Å²) in [6.45, 7) is 4.33. The van der Waals surface area contributed by atoms with Gasteiger partial charge in [-0.1, -0.05) is 0 Å². The molecule has 0 unspecified atom stereocenters. The van der Waals surface area contributed by atoms with Gasteiger partial charge in [-0.05, 0) is 44.5 Å². The molecule has 0 aliphatic carbocycles. The molecule has 0 radical (unpaired) electrons. The first kappa shape index (κ1) is 15.9. The fraction of sp³-hybridized carbons (Fsp3) is 0.500. The molecule has 1 aliphatic rings. The summed E-state index contributed by atoms with van der Waals surface area (Å²) < 4.78 is 26.7. The molecular weight excluding hydrogens is 290 g/mol. The molecule has 116 valence electrons. The number of carbonyl (C=O) groups excluding carboxylic acids is 1. The Morgan fingerprint density at radius 1 is 1.29 bits per heavy atom. The first-order chi connectivity index (χ1) is 9.69. The maximum absolute atomic E-state index is 12.1. The van der Waals surface area contributed by atoms with Gasteiger partial charge in [-0.25, -0.2) is 13.1 Å². The van der Waals surface area contributed by atoms with E-state index >= 15 is 0 Å². The summed E-state index contributed by atoms with van der Waals surface area (Å²) >= 11 is 0. The quantitative estimate of drug-likeness (QED) is 0.842. The van der Waals surface area contributed by atoms with E-state index < -0.39 is 15.6 Å². The Morgan fingerprint density at radius 3 is 2.38 bits per heavy atom. The molecule has 0 atom stereocenters. The third kappa shape index (κ3) is 4.03. The highest BCUT2D eigenvalue weighted by Crippen LogP contribution is 2.22. The van der Waals surface area contributed by atoms with Crippen LogP contribution in [0.5, 0.6) is 0 Å². The summed E-state index contributed by atoms with van der Waals surface area (Å²) in [6.07, 6.45) is 1.39. The van der Waals surface area contributed by atoms with E-state index in [1.54, 1.807) is 30.9 Å². The average molecular weight is 311 g/mol.